The Morgan fingerprint density at radius 2 is 1.60 bits per heavy atom. The summed E-state index contributed by atoms with van der Waals surface area (Å²) in [6.07, 6.45) is 5.59. The van der Waals surface area contributed by atoms with Crippen LogP contribution in [0.25, 0.3) is 0 Å². The van der Waals surface area contributed by atoms with E-state index in [1.165, 1.54) is 0 Å². The van der Waals surface area contributed by atoms with Gasteiger partial charge in [-0.3, -0.25) is 4.79 Å². The fraction of sp³-hybridized carbons (Fsp3) is 0.357. The molecule has 0 unspecified atom stereocenters. The topological polar surface area (TPSA) is 26.3 Å². The van der Waals surface area contributed by atoms with Crippen molar-refractivity contribution in [2.24, 2.45) is 5.92 Å². The zero-order valence-electron chi connectivity index (χ0n) is 10.3. The maximum Gasteiger partial charge on any atom is 0.309 e. The van der Waals surface area contributed by atoms with E-state index in [1.54, 1.807) is 0 Å². The van der Waals surface area contributed by atoms with Gasteiger partial charge in [-0.1, -0.05) is 0 Å². The summed E-state index contributed by atoms with van der Waals surface area (Å²) >= 11 is 0. The molecule has 0 spiro atoms. The van der Waals surface area contributed by atoms with E-state index in [-0.39, 0.29) is 5.92 Å². The third-order valence-corrected chi connectivity index (χ3v) is 2.99. The first-order valence-corrected chi connectivity index (χ1v) is 5.91. The Labute approximate surface area is 112 Å². The van der Waals surface area contributed by atoms with Crippen LogP contribution in [0.3, 0.4) is 0 Å². The second-order valence-electron chi connectivity index (χ2n) is 4.48. The molecular weight excluding hydrogens is 276 g/mol. The largest absolute Gasteiger partial charge is 0.460 e. The second kappa shape index (κ2) is 5.53. The van der Waals surface area contributed by atoms with Gasteiger partial charge in [0.2, 0.25) is 0 Å². The minimum atomic E-state index is -1.59. The number of ether oxygens (including phenoxy) is 1. The van der Waals surface area contributed by atoms with Crippen LogP contribution in [0.15, 0.2) is 0 Å². The van der Waals surface area contributed by atoms with Crippen LogP contribution in [-0.4, -0.2) is 5.97 Å². The molecule has 6 heteroatoms. The van der Waals surface area contributed by atoms with Crippen molar-refractivity contribution in [3.05, 3.63) is 34.4 Å². The number of halogens is 4. The maximum atomic E-state index is 13.7. The van der Waals surface area contributed by atoms with Gasteiger partial charge >= 0.3 is 5.97 Å². The van der Waals surface area contributed by atoms with E-state index in [4.69, 9.17) is 6.42 Å². The normalized spacial score (nSPS) is 13.9. The summed E-state index contributed by atoms with van der Waals surface area (Å²) in [5.74, 6) is -5.28. The molecule has 0 heterocycles. The molecule has 1 aliphatic rings. The van der Waals surface area contributed by atoms with Crippen molar-refractivity contribution in [3.8, 4) is 12.3 Å². The van der Waals surface area contributed by atoms with Crippen molar-refractivity contribution in [1.29, 1.82) is 0 Å². The molecule has 1 saturated carbocycles. The molecule has 0 atom stereocenters. The zero-order valence-corrected chi connectivity index (χ0v) is 10.3. The molecule has 1 aromatic rings. The van der Waals surface area contributed by atoms with Gasteiger partial charge < -0.3 is 4.74 Å². The van der Waals surface area contributed by atoms with Gasteiger partial charge in [-0.05, 0) is 12.8 Å². The van der Waals surface area contributed by atoms with Crippen LogP contribution in [0.4, 0.5) is 17.6 Å². The second-order valence-corrected chi connectivity index (χ2v) is 4.48. The Balaban J connectivity index is 2.28. The van der Waals surface area contributed by atoms with Gasteiger partial charge in [0.15, 0.2) is 23.3 Å². The van der Waals surface area contributed by atoms with E-state index in [0.717, 1.165) is 0 Å². The lowest BCUT2D eigenvalue weighted by molar-refractivity contribution is -0.146. The summed E-state index contributed by atoms with van der Waals surface area (Å²) in [7, 11) is 0. The first kappa shape index (κ1) is 14.4. The number of carbonyl (C=O) groups excluding carboxylic acids is 1. The third-order valence-electron chi connectivity index (χ3n) is 2.99. The minimum absolute atomic E-state index is 0.281. The molecular formula is C14H10F4O2. The van der Waals surface area contributed by atoms with Crippen molar-refractivity contribution in [3.63, 3.8) is 0 Å². The van der Waals surface area contributed by atoms with Crippen molar-refractivity contribution in [2.45, 2.75) is 25.9 Å². The lowest BCUT2D eigenvalue weighted by Crippen LogP contribution is -2.13. The highest BCUT2D eigenvalue weighted by Gasteiger charge is 2.32. The van der Waals surface area contributed by atoms with Crippen LogP contribution in [0, 0.1) is 41.5 Å². The SMILES string of the molecule is C#CCc1c(F)c(F)c(COC(=O)C2CC2)c(F)c1F. The Bertz CT molecular complexity index is 571. The van der Waals surface area contributed by atoms with Gasteiger partial charge in [-0.25, -0.2) is 17.6 Å². The predicted octanol–water partition coefficient (Wildman–Crippen LogP) is 2.87. The van der Waals surface area contributed by atoms with Crippen LogP contribution >= 0.6 is 0 Å². The summed E-state index contributed by atoms with van der Waals surface area (Å²) in [6, 6.07) is 0. The summed E-state index contributed by atoms with van der Waals surface area (Å²) in [5, 5.41) is 0. The van der Waals surface area contributed by atoms with Crippen molar-refractivity contribution in [1.82, 2.24) is 0 Å². The molecule has 0 amide bonds. The average Bonchev–Trinajstić information content (AvgIpc) is 3.25. The van der Waals surface area contributed by atoms with Crippen LogP contribution in [0.1, 0.15) is 24.0 Å². The first-order valence-electron chi connectivity index (χ1n) is 5.91. The smallest absolute Gasteiger partial charge is 0.309 e. The van der Waals surface area contributed by atoms with E-state index in [0.29, 0.717) is 12.8 Å². The monoisotopic (exact) mass is 286 g/mol. The summed E-state index contributed by atoms with van der Waals surface area (Å²) in [4.78, 5) is 11.3. The Morgan fingerprint density at radius 1 is 1.10 bits per heavy atom. The Morgan fingerprint density at radius 3 is 2.05 bits per heavy atom. The third kappa shape index (κ3) is 2.62. The Hall–Kier alpha value is -2.03. The molecule has 0 N–H and O–H groups in total. The first-order chi connectivity index (χ1) is 9.47. The predicted molar refractivity (Wildman–Crippen MR) is 61.3 cm³/mol. The quantitative estimate of drug-likeness (QED) is 0.368. The van der Waals surface area contributed by atoms with Crippen molar-refractivity contribution < 1.29 is 27.1 Å². The molecule has 1 aromatic carbocycles. The molecule has 0 saturated heterocycles. The number of hydrogen-bond acceptors (Lipinski definition) is 2. The van der Waals surface area contributed by atoms with Gasteiger partial charge in [-0.15, -0.1) is 12.3 Å². The van der Waals surface area contributed by atoms with Crippen LogP contribution in [-0.2, 0) is 22.6 Å². The molecule has 2 rings (SSSR count). The van der Waals surface area contributed by atoms with Gasteiger partial charge in [0, 0.05) is 12.0 Å². The fourth-order valence-electron chi connectivity index (χ4n) is 1.69. The molecule has 2 nitrogen and oxygen atoms in total. The number of rotatable bonds is 4. The van der Waals surface area contributed by atoms with Gasteiger partial charge in [0.25, 0.3) is 0 Å². The summed E-state index contributed by atoms with van der Waals surface area (Å²) in [6.45, 7) is -0.850. The number of benzene rings is 1. The minimum Gasteiger partial charge on any atom is -0.460 e. The highest BCUT2D eigenvalue weighted by atomic mass is 19.2. The average molecular weight is 286 g/mol. The molecule has 0 bridgehead atoms. The van der Waals surface area contributed by atoms with Crippen LogP contribution < -0.4 is 0 Å². The fourth-order valence-corrected chi connectivity index (χ4v) is 1.69. The summed E-state index contributed by atoms with van der Waals surface area (Å²) < 4.78 is 59.1. The molecule has 1 fully saturated rings. The highest BCUT2D eigenvalue weighted by molar-refractivity contribution is 5.74. The summed E-state index contributed by atoms with van der Waals surface area (Å²) in [5.41, 5.74) is -1.80. The van der Waals surface area contributed by atoms with Gasteiger partial charge in [0.05, 0.1) is 11.5 Å². The number of esters is 1. The van der Waals surface area contributed by atoms with E-state index in [9.17, 15) is 22.4 Å². The number of hydrogen-bond donors (Lipinski definition) is 0. The standard InChI is InChI=1S/C14H10F4O2/c1-2-3-8-10(15)12(17)9(13(18)11(8)16)6-20-14(19)7-4-5-7/h1,7H,3-6H2. The molecule has 0 radical (unpaired) electrons. The van der Waals surface area contributed by atoms with E-state index in [2.05, 4.69) is 4.74 Å². The zero-order chi connectivity index (χ0) is 14.9. The number of carbonyl (C=O) groups is 1. The highest BCUT2D eigenvalue weighted by Crippen LogP contribution is 2.31. The van der Waals surface area contributed by atoms with Gasteiger partial charge in [-0.2, -0.15) is 0 Å². The van der Waals surface area contributed by atoms with E-state index in [1.807, 2.05) is 5.92 Å². The molecule has 0 aliphatic heterocycles. The number of terminal acetylenes is 1. The molecule has 106 valence electrons. The van der Waals surface area contributed by atoms with Crippen LogP contribution in [0.5, 0.6) is 0 Å². The van der Waals surface area contributed by atoms with E-state index >= 15 is 0 Å². The molecule has 1 aliphatic carbocycles. The van der Waals surface area contributed by atoms with Crippen molar-refractivity contribution >= 4 is 5.97 Å². The van der Waals surface area contributed by atoms with E-state index < -0.39 is 53.4 Å². The maximum absolute atomic E-state index is 13.7. The van der Waals surface area contributed by atoms with Crippen LogP contribution in [0.2, 0.25) is 0 Å². The Kier molecular flexibility index (Phi) is 3.98. The lowest BCUT2D eigenvalue weighted by atomic mass is 10.1. The lowest BCUT2D eigenvalue weighted by Gasteiger charge is -2.11. The molecule has 0 aromatic heterocycles. The molecule has 20 heavy (non-hydrogen) atoms. The van der Waals surface area contributed by atoms with Gasteiger partial charge in [0.1, 0.15) is 6.61 Å². The van der Waals surface area contributed by atoms with Crippen molar-refractivity contribution in [2.75, 3.05) is 0 Å².